The van der Waals surface area contributed by atoms with Crippen LogP contribution in [0.25, 0.3) is 4.96 Å². The van der Waals surface area contributed by atoms with E-state index in [0.29, 0.717) is 17.4 Å². The first-order valence-corrected chi connectivity index (χ1v) is 8.33. The topological polar surface area (TPSA) is 79.6 Å². The Morgan fingerprint density at radius 2 is 2.36 bits per heavy atom. The normalized spacial score (nSPS) is 18.6. The predicted octanol–water partition coefficient (Wildman–Crippen LogP) is 1.14. The highest BCUT2D eigenvalue weighted by molar-refractivity contribution is 7.20. The van der Waals surface area contributed by atoms with Crippen molar-refractivity contribution in [2.45, 2.75) is 26.7 Å². The van der Waals surface area contributed by atoms with Crippen LogP contribution in [0, 0.1) is 5.92 Å². The zero-order valence-corrected chi connectivity index (χ0v) is 13.5. The Hall–Kier alpha value is -1.96. The van der Waals surface area contributed by atoms with Crippen LogP contribution in [0.3, 0.4) is 0 Å². The SMILES string of the molecule is CCNC(=O)c1cnc2sc(N3CCC[C@H](C)C3)nn2c1=O. The summed E-state index contributed by atoms with van der Waals surface area (Å²) in [4.78, 5) is 31.2. The zero-order chi connectivity index (χ0) is 15.7. The molecule has 0 aliphatic carbocycles. The van der Waals surface area contributed by atoms with Gasteiger partial charge in [-0.15, -0.1) is 5.10 Å². The molecule has 1 amide bonds. The van der Waals surface area contributed by atoms with Gasteiger partial charge in [0.15, 0.2) is 0 Å². The number of carbonyl (C=O) groups excluding carboxylic acids is 1. The molecule has 118 valence electrons. The molecule has 0 unspecified atom stereocenters. The van der Waals surface area contributed by atoms with Gasteiger partial charge in [0.2, 0.25) is 10.1 Å². The lowest BCUT2D eigenvalue weighted by Crippen LogP contribution is -2.34. The van der Waals surface area contributed by atoms with Gasteiger partial charge in [-0.25, -0.2) is 4.98 Å². The standard InChI is InChI=1S/C14H19N5O2S/c1-3-15-11(20)10-7-16-13-19(12(10)21)17-14(22-13)18-6-4-5-9(2)8-18/h7,9H,3-6,8H2,1-2H3,(H,15,20)/t9-/m0/s1. The minimum atomic E-state index is -0.413. The minimum Gasteiger partial charge on any atom is -0.352 e. The lowest BCUT2D eigenvalue weighted by Gasteiger charge is -2.30. The maximum absolute atomic E-state index is 12.4. The quantitative estimate of drug-likeness (QED) is 0.917. The Balaban J connectivity index is 1.98. The van der Waals surface area contributed by atoms with Gasteiger partial charge in [-0.3, -0.25) is 9.59 Å². The zero-order valence-electron chi connectivity index (χ0n) is 12.7. The number of fused-ring (bicyclic) bond motifs is 1. The maximum Gasteiger partial charge on any atom is 0.288 e. The highest BCUT2D eigenvalue weighted by Crippen LogP contribution is 2.26. The van der Waals surface area contributed by atoms with Gasteiger partial charge in [0, 0.05) is 25.8 Å². The molecule has 1 atom stereocenters. The van der Waals surface area contributed by atoms with Gasteiger partial charge in [-0.1, -0.05) is 18.3 Å². The van der Waals surface area contributed by atoms with Crippen LogP contribution in [-0.2, 0) is 0 Å². The van der Waals surface area contributed by atoms with Crippen LogP contribution >= 0.6 is 11.3 Å². The third-order valence-corrected chi connectivity index (χ3v) is 4.77. The van der Waals surface area contributed by atoms with E-state index in [1.54, 1.807) is 6.92 Å². The Labute approximate surface area is 132 Å². The molecule has 0 aromatic carbocycles. The summed E-state index contributed by atoms with van der Waals surface area (Å²) >= 11 is 1.39. The highest BCUT2D eigenvalue weighted by Gasteiger charge is 2.21. The highest BCUT2D eigenvalue weighted by atomic mass is 32.1. The van der Waals surface area contributed by atoms with E-state index < -0.39 is 11.5 Å². The summed E-state index contributed by atoms with van der Waals surface area (Å²) in [6, 6.07) is 0. The predicted molar refractivity (Wildman–Crippen MR) is 85.8 cm³/mol. The number of rotatable bonds is 3. The first kappa shape index (κ1) is 15.0. The average molecular weight is 321 g/mol. The van der Waals surface area contributed by atoms with Crippen LogP contribution in [0.2, 0.25) is 0 Å². The minimum absolute atomic E-state index is 0.0308. The number of hydrogen-bond donors (Lipinski definition) is 1. The van der Waals surface area contributed by atoms with Gasteiger partial charge in [0.1, 0.15) is 5.56 Å². The van der Waals surface area contributed by atoms with E-state index in [4.69, 9.17) is 0 Å². The lowest BCUT2D eigenvalue weighted by atomic mass is 10.0. The van der Waals surface area contributed by atoms with Gasteiger partial charge in [-0.05, 0) is 25.7 Å². The van der Waals surface area contributed by atoms with E-state index in [9.17, 15) is 9.59 Å². The summed E-state index contributed by atoms with van der Waals surface area (Å²) < 4.78 is 1.24. The van der Waals surface area contributed by atoms with Crippen molar-refractivity contribution in [2.75, 3.05) is 24.5 Å². The fourth-order valence-electron chi connectivity index (χ4n) is 2.68. The Kier molecular flexibility index (Phi) is 4.10. The second-order valence-corrected chi connectivity index (χ2v) is 6.54. The molecular formula is C14H19N5O2S. The molecule has 7 nitrogen and oxygen atoms in total. The van der Waals surface area contributed by atoms with Gasteiger partial charge in [-0.2, -0.15) is 4.52 Å². The van der Waals surface area contributed by atoms with E-state index >= 15 is 0 Å². The summed E-state index contributed by atoms with van der Waals surface area (Å²) in [5, 5.41) is 7.79. The lowest BCUT2D eigenvalue weighted by molar-refractivity contribution is 0.0953. The Bertz CT molecular complexity index is 753. The molecule has 1 aliphatic heterocycles. The fraction of sp³-hybridized carbons (Fsp3) is 0.571. The molecule has 0 saturated carbocycles. The van der Waals surface area contributed by atoms with Gasteiger partial charge in [0.25, 0.3) is 11.5 Å². The van der Waals surface area contributed by atoms with Crippen LogP contribution < -0.4 is 15.8 Å². The summed E-state index contributed by atoms with van der Waals surface area (Å²) in [5.74, 6) is 0.215. The molecule has 22 heavy (non-hydrogen) atoms. The van der Waals surface area contributed by atoms with Crippen molar-refractivity contribution in [3.63, 3.8) is 0 Å². The molecule has 8 heteroatoms. The summed E-state index contributed by atoms with van der Waals surface area (Å²) in [6.45, 7) is 6.38. The van der Waals surface area contributed by atoms with Gasteiger partial charge in [0.05, 0.1) is 0 Å². The molecule has 1 N–H and O–H groups in total. The molecule has 0 spiro atoms. The number of nitrogens with zero attached hydrogens (tertiary/aromatic N) is 4. The van der Waals surface area contributed by atoms with Crippen LogP contribution in [-0.4, -0.2) is 40.1 Å². The first-order valence-electron chi connectivity index (χ1n) is 7.52. The molecule has 2 aromatic heterocycles. The Morgan fingerprint density at radius 3 is 3.09 bits per heavy atom. The van der Waals surface area contributed by atoms with E-state index in [1.165, 1.54) is 28.5 Å². The third-order valence-electron chi connectivity index (χ3n) is 3.79. The number of aromatic nitrogens is 3. The monoisotopic (exact) mass is 321 g/mol. The number of carbonyl (C=O) groups is 1. The van der Waals surface area contributed by atoms with Crippen molar-refractivity contribution in [1.29, 1.82) is 0 Å². The number of nitrogens with one attached hydrogen (secondary N) is 1. The molecule has 0 radical (unpaired) electrons. The summed E-state index contributed by atoms with van der Waals surface area (Å²) in [5.41, 5.74) is -0.383. The molecule has 1 fully saturated rings. The van der Waals surface area contributed by atoms with Gasteiger partial charge >= 0.3 is 0 Å². The molecule has 1 aliphatic rings. The molecule has 1 saturated heterocycles. The molecular weight excluding hydrogens is 302 g/mol. The third kappa shape index (κ3) is 2.70. The second-order valence-electron chi connectivity index (χ2n) is 5.61. The van der Waals surface area contributed by atoms with Crippen LogP contribution in [0.15, 0.2) is 11.0 Å². The van der Waals surface area contributed by atoms with E-state index in [2.05, 4.69) is 27.2 Å². The number of anilines is 1. The number of hydrogen-bond acceptors (Lipinski definition) is 6. The van der Waals surface area contributed by atoms with E-state index in [-0.39, 0.29) is 5.56 Å². The number of amides is 1. The molecule has 0 bridgehead atoms. The van der Waals surface area contributed by atoms with Crippen molar-refractivity contribution in [3.8, 4) is 0 Å². The second kappa shape index (κ2) is 6.04. The van der Waals surface area contributed by atoms with Crippen molar-refractivity contribution < 1.29 is 4.79 Å². The first-order chi connectivity index (χ1) is 10.6. The molecule has 2 aromatic rings. The number of piperidine rings is 1. The molecule has 3 heterocycles. The molecule has 3 rings (SSSR count). The smallest absolute Gasteiger partial charge is 0.288 e. The maximum atomic E-state index is 12.4. The largest absolute Gasteiger partial charge is 0.352 e. The van der Waals surface area contributed by atoms with E-state index in [1.807, 2.05) is 0 Å². The van der Waals surface area contributed by atoms with Crippen LogP contribution in [0.1, 0.15) is 37.0 Å². The van der Waals surface area contributed by atoms with Crippen molar-refractivity contribution >= 4 is 27.3 Å². The van der Waals surface area contributed by atoms with Crippen molar-refractivity contribution in [1.82, 2.24) is 19.9 Å². The van der Waals surface area contributed by atoms with Gasteiger partial charge < -0.3 is 10.2 Å². The van der Waals surface area contributed by atoms with Crippen LogP contribution in [0.5, 0.6) is 0 Å². The fourth-order valence-corrected chi connectivity index (χ4v) is 3.57. The summed E-state index contributed by atoms with van der Waals surface area (Å²) in [6.07, 6.45) is 3.69. The van der Waals surface area contributed by atoms with E-state index in [0.717, 1.165) is 24.6 Å². The average Bonchev–Trinajstić information content (AvgIpc) is 2.93. The Morgan fingerprint density at radius 1 is 1.55 bits per heavy atom. The van der Waals surface area contributed by atoms with Crippen LogP contribution in [0.4, 0.5) is 5.13 Å². The van der Waals surface area contributed by atoms with Crippen molar-refractivity contribution in [3.05, 3.63) is 22.1 Å². The van der Waals surface area contributed by atoms with Crippen molar-refractivity contribution in [2.24, 2.45) is 5.92 Å². The summed E-state index contributed by atoms with van der Waals surface area (Å²) in [7, 11) is 0.